The number of rotatable bonds is 1. The standard InChI is InChI=1S/C12H20Si/c1-9-7-8-12(13(4,5)6)11(3)10(9)2/h7-8H,1-6H3. The van der Waals surface area contributed by atoms with Gasteiger partial charge in [-0.1, -0.05) is 37.0 Å². The molecule has 0 saturated carbocycles. The lowest BCUT2D eigenvalue weighted by molar-refractivity contribution is 1.28. The van der Waals surface area contributed by atoms with Crippen LogP contribution in [0.4, 0.5) is 0 Å². The quantitative estimate of drug-likeness (QED) is 0.600. The van der Waals surface area contributed by atoms with Gasteiger partial charge in [-0.05, 0) is 37.5 Å². The van der Waals surface area contributed by atoms with Crippen LogP contribution in [0.3, 0.4) is 0 Å². The Morgan fingerprint density at radius 2 is 1.38 bits per heavy atom. The summed E-state index contributed by atoms with van der Waals surface area (Å²) in [7, 11) is -1.13. The number of hydrogen-bond acceptors (Lipinski definition) is 0. The monoisotopic (exact) mass is 192 g/mol. The Balaban J connectivity index is 3.35. The van der Waals surface area contributed by atoms with Gasteiger partial charge in [0.25, 0.3) is 0 Å². The van der Waals surface area contributed by atoms with Crippen molar-refractivity contribution in [2.75, 3.05) is 0 Å². The van der Waals surface area contributed by atoms with Crippen molar-refractivity contribution in [2.24, 2.45) is 0 Å². The first kappa shape index (κ1) is 10.5. The van der Waals surface area contributed by atoms with Crippen molar-refractivity contribution in [3.63, 3.8) is 0 Å². The summed E-state index contributed by atoms with van der Waals surface area (Å²) in [5, 5.41) is 1.61. The molecule has 0 N–H and O–H groups in total. The largest absolute Gasteiger partial charge is 0.0779 e. The van der Waals surface area contributed by atoms with Gasteiger partial charge in [-0.3, -0.25) is 0 Å². The summed E-state index contributed by atoms with van der Waals surface area (Å²) < 4.78 is 0. The highest BCUT2D eigenvalue weighted by molar-refractivity contribution is 6.89. The van der Waals surface area contributed by atoms with Crippen LogP contribution < -0.4 is 5.19 Å². The maximum absolute atomic E-state index is 2.41. The fourth-order valence-electron chi connectivity index (χ4n) is 1.77. The van der Waals surface area contributed by atoms with Gasteiger partial charge in [-0.2, -0.15) is 0 Å². The Morgan fingerprint density at radius 1 is 0.846 bits per heavy atom. The van der Waals surface area contributed by atoms with E-state index >= 15 is 0 Å². The zero-order chi connectivity index (χ0) is 10.2. The molecule has 72 valence electrons. The number of benzene rings is 1. The first-order valence-electron chi connectivity index (χ1n) is 4.91. The van der Waals surface area contributed by atoms with E-state index in [1.165, 1.54) is 16.7 Å². The molecule has 0 heterocycles. The minimum atomic E-state index is -1.13. The van der Waals surface area contributed by atoms with Crippen LogP contribution in [0.1, 0.15) is 16.7 Å². The van der Waals surface area contributed by atoms with Gasteiger partial charge in [-0.15, -0.1) is 0 Å². The van der Waals surface area contributed by atoms with Gasteiger partial charge in [0.2, 0.25) is 0 Å². The first-order chi connectivity index (χ1) is 5.84. The summed E-state index contributed by atoms with van der Waals surface area (Å²) in [6, 6.07) is 4.58. The summed E-state index contributed by atoms with van der Waals surface area (Å²) >= 11 is 0. The third kappa shape index (κ3) is 2.02. The molecule has 0 aliphatic carbocycles. The number of hydrogen-bond donors (Lipinski definition) is 0. The Kier molecular flexibility index (Phi) is 2.67. The Labute approximate surface area is 83.0 Å². The van der Waals surface area contributed by atoms with Gasteiger partial charge in [0.05, 0.1) is 8.07 Å². The lowest BCUT2D eigenvalue weighted by Crippen LogP contribution is -2.39. The molecule has 1 heteroatoms. The molecule has 1 aromatic rings. The van der Waals surface area contributed by atoms with Gasteiger partial charge in [0.1, 0.15) is 0 Å². The molecule has 0 nitrogen and oxygen atoms in total. The maximum atomic E-state index is 2.41. The van der Waals surface area contributed by atoms with Gasteiger partial charge in [0, 0.05) is 0 Å². The second kappa shape index (κ2) is 3.30. The maximum Gasteiger partial charge on any atom is 0.0779 e. The first-order valence-corrected chi connectivity index (χ1v) is 8.41. The molecule has 0 aliphatic heterocycles. The van der Waals surface area contributed by atoms with Crippen molar-refractivity contribution in [1.82, 2.24) is 0 Å². The summed E-state index contributed by atoms with van der Waals surface area (Å²) in [4.78, 5) is 0. The molecule has 0 amide bonds. The fraction of sp³-hybridized carbons (Fsp3) is 0.500. The van der Waals surface area contributed by atoms with Crippen LogP contribution >= 0.6 is 0 Å². The van der Waals surface area contributed by atoms with Crippen molar-refractivity contribution >= 4 is 13.3 Å². The minimum Gasteiger partial charge on any atom is -0.0656 e. The molecule has 1 rings (SSSR count). The third-order valence-electron chi connectivity index (χ3n) is 2.87. The van der Waals surface area contributed by atoms with Crippen molar-refractivity contribution in [3.8, 4) is 0 Å². The Bertz CT molecular complexity index is 319. The molecule has 0 saturated heterocycles. The molecule has 0 fully saturated rings. The summed E-state index contributed by atoms with van der Waals surface area (Å²) in [5.74, 6) is 0. The molecule has 13 heavy (non-hydrogen) atoms. The number of aryl methyl sites for hydroxylation is 1. The van der Waals surface area contributed by atoms with E-state index in [0.717, 1.165) is 0 Å². The predicted molar refractivity (Wildman–Crippen MR) is 63.6 cm³/mol. The van der Waals surface area contributed by atoms with E-state index in [2.05, 4.69) is 52.5 Å². The van der Waals surface area contributed by atoms with Crippen molar-refractivity contribution in [2.45, 2.75) is 40.4 Å². The van der Waals surface area contributed by atoms with Crippen molar-refractivity contribution in [1.29, 1.82) is 0 Å². The van der Waals surface area contributed by atoms with Crippen LogP contribution in [-0.2, 0) is 0 Å². The lowest BCUT2D eigenvalue weighted by atomic mass is 10.1. The van der Waals surface area contributed by atoms with E-state index in [0.29, 0.717) is 0 Å². The van der Waals surface area contributed by atoms with Crippen LogP contribution in [0.5, 0.6) is 0 Å². The van der Waals surface area contributed by atoms with E-state index < -0.39 is 8.07 Å². The average Bonchev–Trinajstić information content (AvgIpc) is 1.98. The molecule has 0 atom stereocenters. The smallest absolute Gasteiger partial charge is 0.0656 e. The van der Waals surface area contributed by atoms with Gasteiger partial charge < -0.3 is 0 Å². The molecule has 0 bridgehead atoms. The zero-order valence-corrected chi connectivity index (χ0v) is 10.7. The van der Waals surface area contributed by atoms with Crippen LogP contribution in [0.15, 0.2) is 12.1 Å². The van der Waals surface area contributed by atoms with Gasteiger partial charge in [0.15, 0.2) is 0 Å². The van der Waals surface area contributed by atoms with Crippen molar-refractivity contribution in [3.05, 3.63) is 28.8 Å². The topological polar surface area (TPSA) is 0 Å². The lowest BCUT2D eigenvalue weighted by Gasteiger charge is -2.21. The van der Waals surface area contributed by atoms with Crippen LogP contribution in [-0.4, -0.2) is 8.07 Å². The Hall–Kier alpha value is -0.563. The molecule has 0 radical (unpaired) electrons. The highest BCUT2D eigenvalue weighted by Gasteiger charge is 2.19. The summed E-state index contributed by atoms with van der Waals surface area (Å²) in [6.45, 7) is 13.9. The fourth-order valence-corrected chi connectivity index (χ4v) is 3.66. The predicted octanol–water partition coefficient (Wildman–Crippen LogP) is 3.16. The van der Waals surface area contributed by atoms with Crippen LogP contribution in [0, 0.1) is 20.8 Å². The van der Waals surface area contributed by atoms with Crippen molar-refractivity contribution < 1.29 is 0 Å². The highest BCUT2D eigenvalue weighted by atomic mass is 28.3. The molecular weight excluding hydrogens is 172 g/mol. The van der Waals surface area contributed by atoms with Gasteiger partial charge in [-0.25, -0.2) is 0 Å². The van der Waals surface area contributed by atoms with E-state index in [1.807, 2.05) is 0 Å². The van der Waals surface area contributed by atoms with Crippen LogP contribution in [0.25, 0.3) is 0 Å². The summed E-state index contributed by atoms with van der Waals surface area (Å²) in [6.07, 6.45) is 0. The van der Waals surface area contributed by atoms with E-state index in [1.54, 1.807) is 5.19 Å². The second-order valence-electron chi connectivity index (χ2n) is 4.93. The molecule has 0 aliphatic rings. The SMILES string of the molecule is Cc1ccc([Si](C)(C)C)c(C)c1C. The molecule has 0 unspecified atom stereocenters. The van der Waals surface area contributed by atoms with E-state index in [4.69, 9.17) is 0 Å². The normalized spacial score (nSPS) is 11.8. The van der Waals surface area contributed by atoms with E-state index in [-0.39, 0.29) is 0 Å². The average molecular weight is 192 g/mol. The van der Waals surface area contributed by atoms with Gasteiger partial charge >= 0.3 is 0 Å². The molecular formula is C12H20Si. The highest BCUT2D eigenvalue weighted by Crippen LogP contribution is 2.14. The summed E-state index contributed by atoms with van der Waals surface area (Å²) in [5.41, 5.74) is 4.40. The molecule has 0 aromatic heterocycles. The molecule has 0 spiro atoms. The minimum absolute atomic E-state index is 1.13. The Morgan fingerprint density at radius 3 is 1.85 bits per heavy atom. The third-order valence-corrected chi connectivity index (χ3v) is 5.02. The second-order valence-corrected chi connectivity index (χ2v) is 9.97. The molecule has 1 aromatic carbocycles. The zero-order valence-electron chi connectivity index (χ0n) is 9.65. The van der Waals surface area contributed by atoms with E-state index in [9.17, 15) is 0 Å². The van der Waals surface area contributed by atoms with Crippen LogP contribution in [0.2, 0.25) is 19.6 Å².